The molecule has 0 saturated carbocycles. The van der Waals surface area contributed by atoms with Gasteiger partial charge in [0.05, 0.1) is 12.7 Å². The number of methoxy groups -OCH3 is 1. The summed E-state index contributed by atoms with van der Waals surface area (Å²) in [6, 6.07) is -0.0962. The van der Waals surface area contributed by atoms with Crippen LogP contribution in [-0.2, 0) is 0 Å². The van der Waals surface area contributed by atoms with Crippen molar-refractivity contribution in [2.75, 3.05) is 7.11 Å². The van der Waals surface area contributed by atoms with Crippen LogP contribution in [0.2, 0.25) is 0 Å². The summed E-state index contributed by atoms with van der Waals surface area (Å²) in [4.78, 5) is 8.00. The Morgan fingerprint density at radius 3 is 2.58 bits per heavy atom. The van der Waals surface area contributed by atoms with Gasteiger partial charge in [-0.3, -0.25) is 0 Å². The second kappa shape index (κ2) is 3.49. The normalized spacial score (nSPS) is 12.7. The van der Waals surface area contributed by atoms with E-state index in [1.807, 2.05) is 13.8 Å². The molecule has 0 fully saturated rings. The molecule has 1 rings (SSSR count). The Morgan fingerprint density at radius 1 is 1.50 bits per heavy atom. The second-order valence-corrected chi connectivity index (χ2v) is 2.67. The molecule has 0 amide bonds. The molecule has 0 aliphatic heterocycles. The van der Waals surface area contributed by atoms with Crippen molar-refractivity contribution in [2.45, 2.75) is 19.9 Å². The van der Waals surface area contributed by atoms with Crippen molar-refractivity contribution in [1.29, 1.82) is 0 Å². The molecule has 0 radical (unpaired) electrons. The first-order valence-electron chi connectivity index (χ1n) is 3.78. The molecule has 0 aromatic carbocycles. The van der Waals surface area contributed by atoms with Gasteiger partial charge in [0.15, 0.2) is 0 Å². The molecular weight excluding hydrogens is 154 g/mol. The number of aryl methyl sites for hydroxylation is 1. The molecule has 4 nitrogen and oxygen atoms in total. The van der Waals surface area contributed by atoms with Crippen LogP contribution in [0.4, 0.5) is 0 Å². The Morgan fingerprint density at radius 2 is 2.17 bits per heavy atom. The van der Waals surface area contributed by atoms with Crippen LogP contribution in [0.15, 0.2) is 6.33 Å². The van der Waals surface area contributed by atoms with Gasteiger partial charge in [0.1, 0.15) is 6.33 Å². The van der Waals surface area contributed by atoms with Crippen LogP contribution in [0.3, 0.4) is 0 Å². The third-order valence-electron chi connectivity index (χ3n) is 1.70. The molecule has 1 atom stereocenters. The highest BCUT2D eigenvalue weighted by molar-refractivity contribution is 5.31. The van der Waals surface area contributed by atoms with E-state index in [1.165, 1.54) is 6.33 Å². The van der Waals surface area contributed by atoms with Gasteiger partial charge in [-0.1, -0.05) is 0 Å². The minimum absolute atomic E-state index is 0.0962. The number of rotatable bonds is 2. The maximum absolute atomic E-state index is 5.73. The van der Waals surface area contributed by atoms with Crippen LogP contribution in [0.1, 0.15) is 24.2 Å². The van der Waals surface area contributed by atoms with Gasteiger partial charge >= 0.3 is 0 Å². The average Bonchev–Trinajstić information content (AvgIpc) is 2.03. The molecule has 2 N–H and O–H groups in total. The minimum atomic E-state index is -0.0962. The van der Waals surface area contributed by atoms with E-state index >= 15 is 0 Å². The lowest BCUT2D eigenvalue weighted by molar-refractivity contribution is 0.387. The first-order chi connectivity index (χ1) is 5.66. The molecule has 1 unspecified atom stereocenters. The van der Waals surface area contributed by atoms with E-state index < -0.39 is 0 Å². The molecule has 1 heterocycles. The molecule has 0 spiro atoms. The van der Waals surface area contributed by atoms with Gasteiger partial charge in [-0.05, 0) is 13.8 Å². The third kappa shape index (κ3) is 1.53. The molecule has 66 valence electrons. The van der Waals surface area contributed by atoms with E-state index in [0.29, 0.717) is 5.88 Å². The number of hydrogen-bond donors (Lipinski definition) is 1. The van der Waals surface area contributed by atoms with Gasteiger partial charge in [0, 0.05) is 11.7 Å². The maximum Gasteiger partial charge on any atom is 0.221 e. The first-order valence-corrected chi connectivity index (χ1v) is 3.78. The van der Waals surface area contributed by atoms with Crippen molar-refractivity contribution in [3.63, 3.8) is 0 Å². The zero-order valence-electron chi connectivity index (χ0n) is 7.53. The highest BCUT2D eigenvalue weighted by atomic mass is 16.5. The molecule has 4 heteroatoms. The van der Waals surface area contributed by atoms with Gasteiger partial charge in [0.25, 0.3) is 0 Å². The average molecular weight is 167 g/mol. The molecule has 0 saturated heterocycles. The summed E-state index contributed by atoms with van der Waals surface area (Å²) in [5.41, 5.74) is 7.48. The van der Waals surface area contributed by atoms with E-state index in [0.717, 1.165) is 11.3 Å². The highest BCUT2D eigenvalue weighted by Crippen LogP contribution is 2.22. The fourth-order valence-corrected chi connectivity index (χ4v) is 1.15. The predicted octanol–water partition coefficient (Wildman–Crippen LogP) is 0.813. The van der Waals surface area contributed by atoms with Crippen molar-refractivity contribution in [1.82, 2.24) is 9.97 Å². The molecule has 1 aromatic heterocycles. The summed E-state index contributed by atoms with van der Waals surface area (Å²) in [6.45, 7) is 3.77. The Bertz CT molecular complexity index is 273. The SMILES string of the molecule is COc1ncnc(C)c1C(C)N. The van der Waals surface area contributed by atoms with Gasteiger partial charge in [-0.15, -0.1) is 0 Å². The molecule has 0 aliphatic rings. The smallest absolute Gasteiger partial charge is 0.221 e. The van der Waals surface area contributed by atoms with E-state index in [1.54, 1.807) is 7.11 Å². The summed E-state index contributed by atoms with van der Waals surface area (Å²) >= 11 is 0. The largest absolute Gasteiger partial charge is 0.481 e. The van der Waals surface area contributed by atoms with Gasteiger partial charge in [0.2, 0.25) is 5.88 Å². The van der Waals surface area contributed by atoms with Crippen molar-refractivity contribution in [3.05, 3.63) is 17.6 Å². The quantitative estimate of drug-likeness (QED) is 0.708. The molecule has 1 aromatic rings. The topological polar surface area (TPSA) is 61.0 Å². The zero-order chi connectivity index (χ0) is 9.14. The Hall–Kier alpha value is -1.16. The fourth-order valence-electron chi connectivity index (χ4n) is 1.15. The summed E-state index contributed by atoms with van der Waals surface area (Å²) in [5.74, 6) is 0.567. The van der Waals surface area contributed by atoms with Crippen molar-refractivity contribution in [3.8, 4) is 5.88 Å². The summed E-state index contributed by atoms with van der Waals surface area (Å²) in [6.07, 6.45) is 1.47. The molecule has 0 aliphatic carbocycles. The van der Waals surface area contributed by atoms with Gasteiger partial charge < -0.3 is 10.5 Å². The minimum Gasteiger partial charge on any atom is -0.481 e. The van der Waals surface area contributed by atoms with Crippen LogP contribution in [-0.4, -0.2) is 17.1 Å². The van der Waals surface area contributed by atoms with E-state index in [-0.39, 0.29) is 6.04 Å². The highest BCUT2D eigenvalue weighted by Gasteiger charge is 2.11. The van der Waals surface area contributed by atoms with E-state index in [4.69, 9.17) is 10.5 Å². The Balaban J connectivity index is 3.20. The lowest BCUT2D eigenvalue weighted by Crippen LogP contribution is -2.11. The molecule has 0 bridgehead atoms. The lowest BCUT2D eigenvalue weighted by atomic mass is 10.1. The van der Waals surface area contributed by atoms with Crippen LogP contribution in [0.25, 0.3) is 0 Å². The number of hydrogen-bond acceptors (Lipinski definition) is 4. The van der Waals surface area contributed by atoms with Crippen LogP contribution >= 0.6 is 0 Å². The molecule has 12 heavy (non-hydrogen) atoms. The summed E-state index contributed by atoms with van der Waals surface area (Å²) < 4.78 is 5.06. The number of nitrogens with zero attached hydrogens (tertiary/aromatic N) is 2. The van der Waals surface area contributed by atoms with Crippen molar-refractivity contribution >= 4 is 0 Å². The second-order valence-electron chi connectivity index (χ2n) is 2.67. The molecular formula is C8H13N3O. The Labute approximate surface area is 71.8 Å². The van der Waals surface area contributed by atoms with E-state index in [9.17, 15) is 0 Å². The third-order valence-corrected chi connectivity index (χ3v) is 1.70. The van der Waals surface area contributed by atoms with Gasteiger partial charge in [-0.2, -0.15) is 0 Å². The first kappa shape index (κ1) is 8.93. The van der Waals surface area contributed by atoms with Gasteiger partial charge in [-0.25, -0.2) is 9.97 Å². The number of nitrogens with two attached hydrogens (primary N) is 1. The van der Waals surface area contributed by atoms with Crippen LogP contribution < -0.4 is 10.5 Å². The predicted molar refractivity (Wildman–Crippen MR) is 45.9 cm³/mol. The van der Waals surface area contributed by atoms with Crippen molar-refractivity contribution in [2.24, 2.45) is 5.73 Å². The van der Waals surface area contributed by atoms with E-state index in [2.05, 4.69) is 9.97 Å². The standard InChI is InChI=1S/C8H13N3O/c1-5(9)7-6(2)10-4-11-8(7)12-3/h4-5H,9H2,1-3H3. The summed E-state index contributed by atoms with van der Waals surface area (Å²) in [7, 11) is 1.58. The van der Waals surface area contributed by atoms with Crippen LogP contribution in [0, 0.1) is 6.92 Å². The monoisotopic (exact) mass is 167 g/mol. The zero-order valence-corrected chi connectivity index (χ0v) is 7.53. The Kier molecular flexibility index (Phi) is 2.60. The fraction of sp³-hybridized carbons (Fsp3) is 0.500. The lowest BCUT2D eigenvalue weighted by Gasteiger charge is -2.11. The maximum atomic E-state index is 5.73. The van der Waals surface area contributed by atoms with Crippen molar-refractivity contribution < 1.29 is 4.74 Å². The number of ether oxygens (including phenoxy) is 1. The summed E-state index contributed by atoms with van der Waals surface area (Å²) in [5, 5.41) is 0. The number of aromatic nitrogens is 2. The van der Waals surface area contributed by atoms with Crippen LogP contribution in [0.5, 0.6) is 5.88 Å².